The summed E-state index contributed by atoms with van der Waals surface area (Å²) >= 11 is 0. The summed E-state index contributed by atoms with van der Waals surface area (Å²) in [6.07, 6.45) is 1.58. The van der Waals surface area contributed by atoms with Crippen molar-refractivity contribution in [3.63, 3.8) is 0 Å². The van der Waals surface area contributed by atoms with E-state index in [4.69, 9.17) is 10.8 Å². The minimum Gasteiger partial charge on any atom is -0.481 e. The van der Waals surface area contributed by atoms with Crippen LogP contribution >= 0.6 is 0 Å². The Morgan fingerprint density at radius 3 is 2.85 bits per heavy atom. The molecule has 1 atom stereocenters. The maximum absolute atomic E-state index is 10.4. The molecule has 1 heterocycles. The third kappa shape index (κ3) is 2.06. The van der Waals surface area contributed by atoms with Gasteiger partial charge in [-0.1, -0.05) is 0 Å². The molecular formula is C8H13N3O2. The molecular weight excluding hydrogens is 170 g/mol. The van der Waals surface area contributed by atoms with Crippen LogP contribution in [0.2, 0.25) is 0 Å². The molecule has 72 valence electrons. The minimum absolute atomic E-state index is 0.0930. The molecule has 0 fully saturated rings. The number of nitrogens with two attached hydrogens (primary N) is 1. The zero-order valence-corrected chi connectivity index (χ0v) is 7.69. The van der Waals surface area contributed by atoms with E-state index >= 15 is 0 Å². The van der Waals surface area contributed by atoms with E-state index in [0.717, 1.165) is 5.69 Å². The summed E-state index contributed by atoms with van der Waals surface area (Å²) in [7, 11) is 1.82. The minimum atomic E-state index is -0.909. The first-order valence-electron chi connectivity index (χ1n) is 3.98. The van der Waals surface area contributed by atoms with Gasteiger partial charge in [0.25, 0.3) is 0 Å². The lowest BCUT2D eigenvalue weighted by Gasteiger charge is -2.09. The van der Waals surface area contributed by atoms with Gasteiger partial charge in [-0.3, -0.25) is 4.79 Å². The highest BCUT2D eigenvalue weighted by atomic mass is 16.4. The van der Waals surface area contributed by atoms with Gasteiger partial charge in [0.05, 0.1) is 12.5 Å². The van der Waals surface area contributed by atoms with Crippen molar-refractivity contribution >= 4 is 5.97 Å². The lowest BCUT2D eigenvalue weighted by molar-refractivity contribution is -0.137. The molecule has 13 heavy (non-hydrogen) atoms. The lowest BCUT2D eigenvalue weighted by atomic mass is 10.2. The van der Waals surface area contributed by atoms with Gasteiger partial charge in [0.1, 0.15) is 5.82 Å². The van der Waals surface area contributed by atoms with Gasteiger partial charge in [0.15, 0.2) is 0 Å². The van der Waals surface area contributed by atoms with Crippen LogP contribution in [0.25, 0.3) is 0 Å². The SMILES string of the molecule is Cc1cnc([C@@H](N)CC(=O)O)n1C. The third-order valence-corrected chi connectivity index (χ3v) is 1.98. The number of nitrogens with zero attached hydrogens (tertiary/aromatic N) is 2. The van der Waals surface area contributed by atoms with Crippen molar-refractivity contribution in [2.75, 3.05) is 0 Å². The summed E-state index contributed by atoms with van der Waals surface area (Å²) in [5, 5.41) is 8.53. The number of carbonyl (C=O) groups is 1. The van der Waals surface area contributed by atoms with Crippen molar-refractivity contribution < 1.29 is 9.90 Å². The molecule has 1 rings (SSSR count). The molecule has 0 saturated carbocycles. The molecule has 0 bridgehead atoms. The highest BCUT2D eigenvalue weighted by molar-refractivity contribution is 5.67. The normalized spacial score (nSPS) is 12.8. The quantitative estimate of drug-likeness (QED) is 0.701. The first kappa shape index (κ1) is 9.73. The molecule has 3 N–H and O–H groups in total. The Bertz CT molecular complexity index is 319. The summed E-state index contributed by atoms with van der Waals surface area (Å²) in [5.74, 6) is -0.298. The van der Waals surface area contributed by atoms with Crippen LogP contribution in [0.5, 0.6) is 0 Å². The van der Waals surface area contributed by atoms with Gasteiger partial charge >= 0.3 is 5.97 Å². The Labute approximate surface area is 76.2 Å². The largest absolute Gasteiger partial charge is 0.481 e. The predicted molar refractivity (Wildman–Crippen MR) is 47.1 cm³/mol. The number of hydrogen-bond donors (Lipinski definition) is 2. The maximum Gasteiger partial charge on any atom is 0.305 e. The maximum atomic E-state index is 10.4. The fourth-order valence-electron chi connectivity index (χ4n) is 1.14. The van der Waals surface area contributed by atoms with Crippen LogP contribution in [0.1, 0.15) is 24.0 Å². The van der Waals surface area contributed by atoms with E-state index in [1.807, 2.05) is 14.0 Å². The predicted octanol–water partition coefficient (Wildman–Crippen LogP) is 0.203. The van der Waals surface area contributed by atoms with E-state index in [1.54, 1.807) is 10.8 Å². The second-order valence-corrected chi connectivity index (χ2v) is 3.02. The van der Waals surface area contributed by atoms with Crippen LogP contribution in [0.15, 0.2) is 6.20 Å². The molecule has 0 aromatic carbocycles. The topological polar surface area (TPSA) is 81.1 Å². The smallest absolute Gasteiger partial charge is 0.305 e. The summed E-state index contributed by atoms with van der Waals surface area (Å²) in [4.78, 5) is 14.4. The number of rotatable bonds is 3. The Kier molecular flexibility index (Phi) is 2.67. The molecule has 0 aliphatic rings. The van der Waals surface area contributed by atoms with Crippen LogP contribution in [0.3, 0.4) is 0 Å². The van der Waals surface area contributed by atoms with E-state index < -0.39 is 12.0 Å². The van der Waals surface area contributed by atoms with Gasteiger partial charge in [-0.2, -0.15) is 0 Å². The van der Waals surface area contributed by atoms with Crippen LogP contribution in [0, 0.1) is 6.92 Å². The number of carboxylic acid groups (broad SMARTS) is 1. The average Bonchev–Trinajstić information content (AvgIpc) is 2.31. The molecule has 0 saturated heterocycles. The van der Waals surface area contributed by atoms with Crippen molar-refractivity contribution in [3.8, 4) is 0 Å². The number of hydrogen-bond acceptors (Lipinski definition) is 3. The number of carboxylic acids is 1. The second kappa shape index (κ2) is 3.57. The van der Waals surface area contributed by atoms with Crippen molar-refractivity contribution in [1.82, 2.24) is 9.55 Å². The molecule has 1 aromatic rings. The van der Waals surface area contributed by atoms with Gasteiger partial charge in [-0.25, -0.2) is 4.98 Å². The van der Waals surface area contributed by atoms with E-state index in [1.165, 1.54) is 0 Å². The number of aryl methyl sites for hydroxylation is 1. The van der Waals surface area contributed by atoms with Crippen LogP contribution < -0.4 is 5.73 Å². The van der Waals surface area contributed by atoms with Gasteiger partial charge in [0.2, 0.25) is 0 Å². The zero-order valence-electron chi connectivity index (χ0n) is 7.69. The fourth-order valence-corrected chi connectivity index (χ4v) is 1.14. The Balaban J connectivity index is 2.82. The first-order valence-corrected chi connectivity index (χ1v) is 3.98. The molecule has 0 amide bonds. The van der Waals surface area contributed by atoms with Crippen molar-refractivity contribution in [2.24, 2.45) is 12.8 Å². The molecule has 0 unspecified atom stereocenters. The van der Waals surface area contributed by atoms with E-state index in [9.17, 15) is 4.79 Å². The summed E-state index contributed by atoms with van der Waals surface area (Å²) in [5.41, 5.74) is 6.61. The van der Waals surface area contributed by atoms with Crippen molar-refractivity contribution in [2.45, 2.75) is 19.4 Å². The van der Waals surface area contributed by atoms with Crippen molar-refractivity contribution in [1.29, 1.82) is 0 Å². The number of aromatic nitrogens is 2. The highest BCUT2D eigenvalue weighted by Gasteiger charge is 2.15. The van der Waals surface area contributed by atoms with Crippen LogP contribution in [-0.4, -0.2) is 20.6 Å². The highest BCUT2D eigenvalue weighted by Crippen LogP contribution is 2.12. The Morgan fingerprint density at radius 1 is 1.85 bits per heavy atom. The van der Waals surface area contributed by atoms with E-state index in [2.05, 4.69) is 4.98 Å². The van der Waals surface area contributed by atoms with Gasteiger partial charge in [-0.05, 0) is 6.92 Å². The van der Waals surface area contributed by atoms with E-state index in [-0.39, 0.29) is 6.42 Å². The Hall–Kier alpha value is -1.36. The zero-order chi connectivity index (χ0) is 10.0. The van der Waals surface area contributed by atoms with Crippen molar-refractivity contribution in [3.05, 3.63) is 17.7 Å². The first-order chi connectivity index (χ1) is 6.02. The van der Waals surface area contributed by atoms with Gasteiger partial charge in [-0.15, -0.1) is 0 Å². The molecule has 0 spiro atoms. The summed E-state index contributed by atoms with van der Waals surface area (Å²) < 4.78 is 1.80. The fraction of sp³-hybridized carbons (Fsp3) is 0.500. The monoisotopic (exact) mass is 183 g/mol. The summed E-state index contributed by atoms with van der Waals surface area (Å²) in [6, 6.07) is -0.531. The molecule has 0 aliphatic carbocycles. The summed E-state index contributed by atoms with van der Waals surface area (Å²) in [6.45, 7) is 1.89. The molecule has 5 heteroatoms. The Morgan fingerprint density at radius 2 is 2.46 bits per heavy atom. The third-order valence-electron chi connectivity index (χ3n) is 1.98. The average molecular weight is 183 g/mol. The molecule has 0 aliphatic heterocycles. The van der Waals surface area contributed by atoms with E-state index in [0.29, 0.717) is 5.82 Å². The van der Waals surface area contributed by atoms with Gasteiger partial charge < -0.3 is 15.4 Å². The number of imidazole rings is 1. The van der Waals surface area contributed by atoms with Crippen LogP contribution in [0.4, 0.5) is 0 Å². The lowest BCUT2D eigenvalue weighted by Crippen LogP contribution is -2.19. The molecule has 1 aromatic heterocycles. The number of aliphatic carboxylic acids is 1. The molecule has 0 radical (unpaired) electrons. The van der Waals surface area contributed by atoms with Crippen LogP contribution in [-0.2, 0) is 11.8 Å². The molecule has 5 nitrogen and oxygen atoms in total. The van der Waals surface area contributed by atoms with Gasteiger partial charge in [0, 0.05) is 18.9 Å². The standard InChI is InChI=1S/C8H13N3O2/c1-5-4-10-8(11(5)2)6(9)3-7(12)13/h4,6H,3,9H2,1-2H3,(H,12,13)/t6-/m0/s1. The second-order valence-electron chi connectivity index (χ2n) is 3.02.